The minimum absolute atomic E-state index is 0.104. The highest BCUT2D eigenvalue weighted by Gasteiger charge is 2.29. The first-order valence-corrected chi connectivity index (χ1v) is 12.4. The fraction of sp³-hybridized carbons (Fsp3) is 0.423. The molecule has 2 aromatic carbocycles. The number of rotatable bonds is 5. The van der Waals surface area contributed by atoms with E-state index in [9.17, 15) is 4.79 Å². The Balaban J connectivity index is 1.35. The third-order valence-electron chi connectivity index (χ3n) is 6.72. The number of carbonyl (C=O) groups excluding carboxylic acids is 1. The lowest BCUT2D eigenvalue weighted by atomic mass is 9.95. The van der Waals surface area contributed by atoms with Gasteiger partial charge < -0.3 is 9.64 Å². The van der Waals surface area contributed by atoms with E-state index in [4.69, 9.17) is 22.1 Å². The summed E-state index contributed by atoms with van der Waals surface area (Å²) in [6.07, 6.45) is 1.74. The second-order valence-electron chi connectivity index (χ2n) is 9.12. The minimum atomic E-state index is 0.104. The third-order valence-corrected chi connectivity index (χ3v) is 7.12. The molecule has 178 valence electrons. The third kappa shape index (κ3) is 4.85. The van der Waals surface area contributed by atoms with E-state index in [0.29, 0.717) is 37.7 Å². The van der Waals surface area contributed by atoms with E-state index < -0.39 is 0 Å². The Kier molecular flexibility index (Phi) is 6.89. The van der Waals surface area contributed by atoms with E-state index >= 15 is 0 Å². The number of likely N-dealkylation sites (tertiary alicyclic amines) is 1. The number of morpholine rings is 1. The summed E-state index contributed by atoms with van der Waals surface area (Å²) < 4.78 is 10.0. The Labute approximate surface area is 205 Å². The van der Waals surface area contributed by atoms with Crippen molar-refractivity contribution in [2.75, 3.05) is 39.4 Å². The lowest BCUT2D eigenvalue weighted by molar-refractivity contribution is -0.141. The van der Waals surface area contributed by atoms with Crippen LogP contribution in [0.5, 0.6) is 0 Å². The van der Waals surface area contributed by atoms with E-state index in [1.807, 2.05) is 27.8 Å². The van der Waals surface area contributed by atoms with Gasteiger partial charge in [-0.3, -0.25) is 14.3 Å². The van der Waals surface area contributed by atoms with Gasteiger partial charge in [0.2, 0.25) is 10.7 Å². The lowest BCUT2D eigenvalue weighted by Gasteiger charge is -2.35. The lowest BCUT2D eigenvalue weighted by Crippen LogP contribution is -2.47. The van der Waals surface area contributed by atoms with Gasteiger partial charge in [0.1, 0.15) is 0 Å². The summed E-state index contributed by atoms with van der Waals surface area (Å²) in [6.45, 7) is 7.16. The number of ether oxygens (including phenoxy) is 1. The van der Waals surface area contributed by atoms with Crippen molar-refractivity contribution in [1.82, 2.24) is 24.1 Å². The maximum Gasteiger partial charge on any atom is 0.225 e. The summed E-state index contributed by atoms with van der Waals surface area (Å²) >= 11 is 5.92. The molecule has 0 N–H and O–H groups in total. The number of benzene rings is 2. The van der Waals surface area contributed by atoms with Gasteiger partial charge in [0, 0.05) is 37.7 Å². The van der Waals surface area contributed by atoms with Crippen LogP contribution >= 0.6 is 12.2 Å². The first kappa shape index (κ1) is 23.0. The molecule has 0 atom stereocenters. The zero-order valence-electron chi connectivity index (χ0n) is 19.6. The second-order valence-corrected chi connectivity index (χ2v) is 9.48. The molecule has 0 radical (unpaired) electrons. The van der Waals surface area contributed by atoms with Crippen molar-refractivity contribution in [3.8, 4) is 17.1 Å². The molecular formula is C26H31N5O2S. The second kappa shape index (κ2) is 10.2. The number of hydrogen-bond acceptors (Lipinski definition) is 5. The normalized spacial score (nSPS) is 17.7. The van der Waals surface area contributed by atoms with E-state index in [1.165, 1.54) is 5.56 Å². The number of aryl methyl sites for hydroxylation is 1. The monoisotopic (exact) mass is 477 g/mol. The Morgan fingerprint density at radius 3 is 2.47 bits per heavy atom. The Bertz CT molecular complexity index is 1190. The molecule has 0 bridgehead atoms. The molecule has 2 saturated heterocycles. The summed E-state index contributed by atoms with van der Waals surface area (Å²) in [6, 6.07) is 18.5. The molecule has 1 aromatic heterocycles. The molecule has 0 saturated carbocycles. The first-order valence-electron chi connectivity index (χ1n) is 12.0. The molecule has 2 aliphatic rings. The molecule has 2 aliphatic heterocycles. The van der Waals surface area contributed by atoms with Gasteiger partial charge in [-0.15, -0.1) is 5.10 Å². The van der Waals surface area contributed by atoms with Crippen LogP contribution in [0.15, 0.2) is 54.6 Å². The van der Waals surface area contributed by atoms with Crippen LogP contribution in [0.2, 0.25) is 0 Å². The van der Waals surface area contributed by atoms with E-state index in [1.54, 1.807) is 0 Å². The quantitative estimate of drug-likeness (QED) is 0.522. The molecule has 5 rings (SSSR count). The van der Waals surface area contributed by atoms with Gasteiger partial charge in [-0.1, -0.05) is 42.5 Å². The number of amides is 1. The molecule has 7 nitrogen and oxygen atoms in total. The molecule has 8 heteroatoms. The Morgan fingerprint density at radius 2 is 1.76 bits per heavy atom. The SMILES string of the molecule is Cc1cccc(-n2c(-c3ccccc3)nn(CN3CCC(C(=O)N4CCOCC4)CC3)c2=S)c1. The Hall–Kier alpha value is -2.81. The number of hydrogen-bond donors (Lipinski definition) is 0. The van der Waals surface area contributed by atoms with Gasteiger partial charge in [0.25, 0.3) is 0 Å². The first-order chi connectivity index (χ1) is 16.6. The smallest absolute Gasteiger partial charge is 0.225 e. The molecule has 0 aliphatic carbocycles. The standard InChI is InChI=1S/C26H31N5O2S/c1-20-6-5-9-23(18-20)31-24(21-7-3-2-4-8-21)27-30(26(31)34)19-28-12-10-22(11-13-28)25(32)29-14-16-33-17-15-29/h2-9,18,22H,10-17,19H2,1H3. The van der Waals surface area contributed by atoms with Crippen molar-refractivity contribution in [3.05, 3.63) is 64.9 Å². The number of aromatic nitrogens is 3. The van der Waals surface area contributed by atoms with Crippen molar-refractivity contribution in [1.29, 1.82) is 0 Å². The van der Waals surface area contributed by atoms with E-state index in [0.717, 1.165) is 43.0 Å². The fourth-order valence-corrected chi connectivity index (χ4v) is 5.12. The molecule has 3 aromatic rings. The van der Waals surface area contributed by atoms with Crippen molar-refractivity contribution in [2.24, 2.45) is 5.92 Å². The van der Waals surface area contributed by atoms with Crippen LogP contribution in [0.3, 0.4) is 0 Å². The average molecular weight is 478 g/mol. The van der Waals surface area contributed by atoms with Crippen LogP contribution < -0.4 is 0 Å². The number of piperidine rings is 1. The summed E-state index contributed by atoms with van der Waals surface area (Å²) in [5.74, 6) is 1.23. The summed E-state index contributed by atoms with van der Waals surface area (Å²) in [5.41, 5.74) is 3.23. The van der Waals surface area contributed by atoms with Crippen LogP contribution in [0.4, 0.5) is 0 Å². The number of carbonyl (C=O) groups is 1. The van der Waals surface area contributed by atoms with Gasteiger partial charge in [-0.25, -0.2) is 4.68 Å². The molecule has 0 spiro atoms. The van der Waals surface area contributed by atoms with E-state index in [-0.39, 0.29) is 11.8 Å². The largest absolute Gasteiger partial charge is 0.378 e. The average Bonchev–Trinajstić information content (AvgIpc) is 3.21. The van der Waals surface area contributed by atoms with Gasteiger partial charge in [0.15, 0.2) is 5.82 Å². The predicted molar refractivity (Wildman–Crippen MR) is 134 cm³/mol. The van der Waals surface area contributed by atoms with Gasteiger partial charge in [0.05, 0.1) is 25.6 Å². The van der Waals surface area contributed by atoms with Crippen molar-refractivity contribution < 1.29 is 9.53 Å². The molecule has 1 amide bonds. The van der Waals surface area contributed by atoms with Gasteiger partial charge >= 0.3 is 0 Å². The fourth-order valence-electron chi connectivity index (χ4n) is 4.83. The highest BCUT2D eigenvalue weighted by molar-refractivity contribution is 7.71. The summed E-state index contributed by atoms with van der Waals surface area (Å²) in [5, 5.41) is 4.95. The van der Waals surface area contributed by atoms with Gasteiger partial charge in [-0.2, -0.15) is 0 Å². The molecule has 34 heavy (non-hydrogen) atoms. The zero-order chi connectivity index (χ0) is 23.5. The maximum absolute atomic E-state index is 12.9. The Morgan fingerprint density at radius 1 is 1.03 bits per heavy atom. The molecule has 0 unspecified atom stereocenters. The molecule has 2 fully saturated rings. The number of nitrogens with zero attached hydrogens (tertiary/aromatic N) is 5. The van der Waals surface area contributed by atoms with Crippen LogP contribution in [0, 0.1) is 17.6 Å². The van der Waals surface area contributed by atoms with Gasteiger partial charge in [-0.05, 0) is 49.7 Å². The summed E-state index contributed by atoms with van der Waals surface area (Å²) in [4.78, 5) is 17.2. The zero-order valence-corrected chi connectivity index (χ0v) is 20.4. The maximum atomic E-state index is 12.9. The van der Waals surface area contributed by atoms with Crippen molar-refractivity contribution >= 4 is 18.1 Å². The van der Waals surface area contributed by atoms with Crippen LogP contribution in [0.1, 0.15) is 18.4 Å². The topological polar surface area (TPSA) is 55.5 Å². The summed E-state index contributed by atoms with van der Waals surface area (Å²) in [7, 11) is 0. The molecule has 3 heterocycles. The van der Waals surface area contributed by atoms with Crippen LogP contribution in [-0.2, 0) is 16.2 Å². The van der Waals surface area contributed by atoms with Crippen LogP contribution in [0.25, 0.3) is 17.1 Å². The van der Waals surface area contributed by atoms with Crippen molar-refractivity contribution in [2.45, 2.75) is 26.4 Å². The van der Waals surface area contributed by atoms with E-state index in [2.05, 4.69) is 52.8 Å². The highest BCUT2D eigenvalue weighted by Crippen LogP contribution is 2.25. The predicted octanol–water partition coefficient (Wildman–Crippen LogP) is 3.91. The van der Waals surface area contributed by atoms with Crippen LogP contribution in [-0.4, -0.2) is 69.4 Å². The highest BCUT2D eigenvalue weighted by atomic mass is 32.1. The molecular weight excluding hydrogens is 446 g/mol. The minimum Gasteiger partial charge on any atom is -0.378 e. The van der Waals surface area contributed by atoms with Crippen molar-refractivity contribution in [3.63, 3.8) is 0 Å².